The monoisotopic (exact) mass is 1080 g/mol. The van der Waals surface area contributed by atoms with Gasteiger partial charge in [0.1, 0.15) is 0 Å². The first kappa shape index (κ1) is 76.8. The number of hydrogen-bond acceptors (Lipinski definition) is 6. The highest BCUT2D eigenvalue weighted by Gasteiger charge is 2.22. The molecule has 8 heteroatoms. The molecule has 0 spiro atoms. The van der Waals surface area contributed by atoms with Gasteiger partial charge in [-0.15, -0.1) is 0 Å². The Hall–Kier alpha value is -1.22. The summed E-state index contributed by atoms with van der Waals surface area (Å²) in [5.41, 5.74) is 0. The Labute approximate surface area is 475 Å². The lowest BCUT2D eigenvalue weighted by atomic mass is 9.94. The van der Waals surface area contributed by atoms with Gasteiger partial charge in [-0.05, 0) is 37.5 Å². The maximum absolute atomic E-state index is 13.1. The molecular formula is C68H138N2O6. The predicted octanol–water partition coefficient (Wildman–Crippen LogP) is 19.2. The van der Waals surface area contributed by atoms with E-state index in [0.717, 1.165) is 51.4 Å². The van der Waals surface area contributed by atoms with Crippen LogP contribution in [0.1, 0.15) is 363 Å². The van der Waals surface area contributed by atoms with Gasteiger partial charge in [0.05, 0.1) is 25.4 Å². The van der Waals surface area contributed by atoms with Crippen molar-refractivity contribution in [3.8, 4) is 0 Å². The predicted molar refractivity (Wildman–Crippen MR) is 331 cm³/mol. The lowest BCUT2D eigenvalue weighted by Crippen LogP contribution is -2.40. The molecule has 0 aromatic heterocycles. The molecular weight excluding hydrogens is 941 g/mol. The number of aliphatic hydroxyl groups is 4. The molecule has 0 rings (SSSR count). The topological polar surface area (TPSA) is 122 Å². The minimum atomic E-state index is -0.835. The zero-order valence-corrected chi connectivity index (χ0v) is 52.4. The highest BCUT2D eigenvalue weighted by atomic mass is 16.3. The SMILES string of the molecule is CCCCCCCCCCCCCC(CC)CC(=O)N(CCCCCCCCCCCC)CC(O)CO.CCCCCCCCCCCCCCN(CC(O)CO)C(=O)CC(CC)CCCCCCCCCCCCC. The minimum Gasteiger partial charge on any atom is -0.394 e. The summed E-state index contributed by atoms with van der Waals surface area (Å²) in [4.78, 5) is 29.9. The van der Waals surface area contributed by atoms with E-state index in [2.05, 4.69) is 41.5 Å². The van der Waals surface area contributed by atoms with E-state index in [9.17, 15) is 30.0 Å². The molecule has 4 N–H and O–H groups in total. The second kappa shape index (κ2) is 63.0. The smallest absolute Gasteiger partial charge is 0.222 e. The van der Waals surface area contributed by atoms with Crippen molar-refractivity contribution in [2.24, 2.45) is 11.8 Å². The van der Waals surface area contributed by atoms with Crippen LogP contribution in [0.4, 0.5) is 0 Å². The van der Waals surface area contributed by atoms with Gasteiger partial charge in [-0.3, -0.25) is 9.59 Å². The Morgan fingerprint density at radius 2 is 0.500 bits per heavy atom. The molecule has 0 saturated carbocycles. The van der Waals surface area contributed by atoms with Gasteiger partial charge in [0.2, 0.25) is 11.8 Å². The van der Waals surface area contributed by atoms with Gasteiger partial charge in [-0.1, -0.05) is 324 Å². The van der Waals surface area contributed by atoms with Crippen LogP contribution in [0.5, 0.6) is 0 Å². The standard InChI is InChI=1S/C35H71NO3.C33H67NO3/c1-4-7-9-11-13-15-17-19-21-23-25-27-29-36(31-34(38)32-37)35(39)30-33(6-3)28-26-24-22-20-18-16-14-12-10-8-5-2;1-4-7-9-11-13-15-17-18-20-22-24-26-31(6-3)28-33(37)34(29-32(36)30-35)27-25-23-21-19-16-14-12-10-8-5-2/h33-34,37-38H,4-32H2,1-3H3;31-32,35-36H,4-30H2,1-3H3. The molecule has 0 radical (unpaired) electrons. The van der Waals surface area contributed by atoms with Gasteiger partial charge in [0, 0.05) is 39.0 Å². The van der Waals surface area contributed by atoms with Crippen molar-refractivity contribution in [3.63, 3.8) is 0 Å². The summed E-state index contributed by atoms with van der Waals surface area (Å²) in [6.45, 7) is 14.9. The molecule has 0 aromatic carbocycles. The molecule has 0 aliphatic heterocycles. The Kier molecular flexibility index (Phi) is 63.7. The van der Waals surface area contributed by atoms with Crippen LogP contribution >= 0.6 is 0 Å². The number of carbonyl (C=O) groups excluding carboxylic acids is 2. The average Bonchev–Trinajstić information content (AvgIpc) is 3.43. The Morgan fingerprint density at radius 3 is 0.697 bits per heavy atom. The van der Waals surface area contributed by atoms with Crippen LogP contribution in [0.15, 0.2) is 0 Å². The van der Waals surface area contributed by atoms with Crippen LogP contribution in [0.2, 0.25) is 0 Å². The van der Waals surface area contributed by atoms with E-state index >= 15 is 0 Å². The van der Waals surface area contributed by atoms with Gasteiger partial charge in [0.15, 0.2) is 0 Å². The molecule has 0 fully saturated rings. The summed E-state index contributed by atoms with van der Waals surface area (Å²) in [5.74, 6) is 1.21. The van der Waals surface area contributed by atoms with Crippen LogP contribution in [-0.4, -0.2) is 93.6 Å². The van der Waals surface area contributed by atoms with Crippen molar-refractivity contribution in [2.75, 3.05) is 39.4 Å². The van der Waals surface area contributed by atoms with Crippen molar-refractivity contribution < 1.29 is 30.0 Å². The van der Waals surface area contributed by atoms with Crippen molar-refractivity contribution in [2.45, 2.75) is 375 Å². The highest BCUT2D eigenvalue weighted by molar-refractivity contribution is 5.77. The fraction of sp³-hybridized carbons (Fsp3) is 0.971. The van der Waals surface area contributed by atoms with Crippen molar-refractivity contribution in [3.05, 3.63) is 0 Å². The van der Waals surface area contributed by atoms with Crippen molar-refractivity contribution >= 4 is 11.8 Å². The average molecular weight is 1080 g/mol. The lowest BCUT2D eigenvalue weighted by Gasteiger charge is -2.27. The van der Waals surface area contributed by atoms with Gasteiger partial charge in [-0.25, -0.2) is 0 Å². The molecule has 0 aliphatic carbocycles. The number of carbonyl (C=O) groups is 2. The third-order valence-corrected chi connectivity index (χ3v) is 16.6. The Morgan fingerprint density at radius 1 is 0.303 bits per heavy atom. The number of rotatable bonds is 60. The first-order chi connectivity index (χ1) is 37.2. The third kappa shape index (κ3) is 54.7. The second-order valence-corrected chi connectivity index (χ2v) is 24.0. The molecule has 8 nitrogen and oxygen atoms in total. The van der Waals surface area contributed by atoms with Crippen molar-refractivity contribution in [1.82, 2.24) is 9.80 Å². The molecule has 0 aromatic rings. The van der Waals surface area contributed by atoms with E-state index in [-0.39, 0.29) is 38.1 Å². The maximum Gasteiger partial charge on any atom is 0.222 e. The number of aliphatic hydroxyl groups excluding tert-OH is 4. The summed E-state index contributed by atoms with van der Waals surface area (Å²) < 4.78 is 0. The molecule has 76 heavy (non-hydrogen) atoms. The van der Waals surface area contributed by atoms with Crippen LogP contribution in [0.25, 0.3) is 0 Å². The molecule has 0 bridgehead atoms. The zero-order valence-electron chi connectivity index (χ0n) is 52.4. The van der Waals surface area contributed by atoms with Gasteiger partial charge < -0.3 is 30.2 Å². The van der Waals surface area contributed by atoms with Gasteiger partial charge in [-0.2, -0.15) is 0 Å². The van der Waals surface area contributed by atoms with E-state index in [4.69, 9.17) is 0 Å². The molecule has 4 unspecified atom stereocenters. The van der Waals surface area contributed by atoms with E-state index in [1.165, 1.54) is 257 Å². The number of nitrogens with zero attached hydrogens (tertiary/aromatic N) is 2. The van der Waals surface area contributed by atoms with Crippen LogP contribution < -0.4 is 0 Å². The maximum atomic E-state index is 13.1. The molecule has 4 atom stereocenters. The fourth-order valence-electron chi connectivity index (χ4n) is 11.0. The number of amides is 2. The normalized spacial score (nSPS) is 13.1. The Bertz CT molecular complexity index is 1140. The van der Waals surface area contributed by atoms with Gasteiger partial charge in [0.25, 0.3) is 0 Å². The summed E-state index contributed by atoms with van der Waals surface area (Å²) >= 11 is 0. The third-order valence-electron chi connectivity index (χ3n) is 16.6. The van der Waals surface area contributed by atoms with Crippen LogP contribution in [-0.2, 0) is 9.59 Å². The molecule has 2 amide bonds. The highest BCUT2D eigenvalue weighted by Crippen LogP contribution is 2.23. The van der Waals surface area contributed by atoms with E-state index < -0.39 is 12.2 Å². The first-order valence-corrected chi connectivity index (χ1v) is 34.3. The van der Waals surface area contributed by atoms with Crippen LogP contribution in [0, 0.1) is 11.8 Å². The molecule has 0 aliphatic rings. The molecule has 0 saturated heterocycles. The minimum absolute atomic E-state index is 0.165. The largest absolute Gasteiger partial charge is 0.394 e. The number of unbranched alkanes of at least 4 members (excludes halogenated alkanes) is 40. The van der Waals surface area contributed by atoms with E-state index in [1.54, 1.807) is 0 Å². The van der Waals surface area contributed by atoms with Gasteiger partial charge >= 0.3 is 0 Å². The summed E-state index contributed by atoms with van der Waals surface area (Å²) in [6, 6.07) is 0. The second-order valence-electron chi connectivity index (χ2n) is 24.0. The summed E-state index contributed by atoms with van der Waals surface area (Å²) in [7, 11) is 0. The quantitative estimate of drug-likeness (QED) is 0.0450. The van der Waals surface area contributed by atoms with Crippen LogP contribution in [0.3, 0.4) is 0 Å². The number of hydrogen-bond donors (Lipinski definition) is 4. The summed E-state index contributed by atoms with van der Waals surface area (Å²) in [6.07, 6.45) is 62.0. The molecule has 456 valence electrons. The summed E-state index contributed by atoms with van der Waals surface area (Å²) in [5, 5.41) is 38.7. The lowest BCUT2D eigenvalue weighted by molar-refractivity contribution is -0.135. The molecule has 0 heterocycles. The zero-order chi connectivity index (χ0) is 56.2. The van der Waals surface area contributed by atoms with Crippen molar-refractivity contribution in [1.29, 1.82) is 0 Å². The Balaban J connectivity index is 0. The van der Waals surface area contributed by atoms with E-state index in [0.29, 0.717) is 37.8 Å². The first-order valence-electron chi connectivity index (χ1n) is 34.3. The van der Waals surface area contributed by atoms with E-state index in [1.807, 2.05) is 9.80 Å². The fourth-order valence-corrected chi connectivity index (χ4v) is 11.0.